The zero-order chi connectivity index (χ0) is 23.5. The average Bonchev–Trinajstić information content (AvgIpc) is 3.56. The van der Waals surface area contributed by atoms with Crippen molar-refractivity contribution in [1.82, 2.24) is 9.47 Å². The van der Waals surface area contributed by atoms with Gasteiger partial charge < -0.3 is 18.5 Å². The van der Waals surface area contributed by atoms with Crippen LogP contribution in [0, 0.1) is 0 Å². The van der Waals surface area contributed by atoms with E-state index in [0.29, 0.717) is 34.7 Å². The molecule has 0 spiro atoms. The third-order valence-electron chi connectivity index (χ3n) is 5.53. The predicted octanol–water partition coefficient (Wildman–Crippen LogP) is 5.72. The van der Waals surface area contributed by atoms with Crippen molar-refractivity contribution in [3.8, 4) is 11.5 Å². The fourth-order valence-corrected chi connectivity index (χ4v) is 5.09. The van der Waals surface area contributed by atoms with E-state index < -0.39 is 0 Å². The summed E-state index contributed by atoms with van der Waals surface area (Å²) in [7, 11) is 1.64. The van der Waals surface area contributed by atoms with Crippen LogP contribution in [0.15, 0.2) is 82.4 Å². The molecule has 5 rings (SSSR count). The molecule has 2 aromatic heterocycles. The van der Waals surface area contributed by atoms with Gasteiger partial charge in [-0.2, -0.15) is 0 Å². The van der Waals surface area contributed by atoms with Crippen molar-refractivity contribution in [3.05, 3.63) is 89.4 Å². The van der Waals surface area contributed by atoms with E-state index in [1.54, 1.807) is 24.3 Å². The number of amides is 1. The Bertz CT molecular complexity index is 1360. The molecule has 1 aliphatic heterocycles. The largest absolute Gasteiger partial charge is 0.497 e. The first kappa shape index (κ1) is 22.3. The van der Waals surface area contributed by atoms with Gasteiger partial charge in [0.15, 0.2) is 0 Å². The molecular formula is C26H22N2O4S2. The summed E-state index contributed by atoms with van der Waals surface area (Å²) in [6, 6.07) is 19.3. The summed E-state index contributed by atoms with van der Waals surface area (Å²) in [6.07, 6.45) is 5.57. The van der Waals surface area contributed by atoms with Gasteiger partial charge in [0.2, 0.25) is 0 Å². The Morgan fingerprint density at radius 2 is 1.85 bits per heavy atom. The predicted molar refractivity (Wildman–Crippen MR) is 138 cm³/mol. The molecule has 1 fully saturated rings. The molecule has 0 bridgehead atoms. The third kappa shape index (κ3) is 4.60. The molecule has 0 N–H and O–H groups in total. The minimum Gasteiger partial charge on any atom is -0.497 e. The highest BCUT2D eigenvalue weighted by Crippen LogP contribution is 2.35. The topological polar surface area (TPSA) is 56.8 Å². The molecule has 8 heteroatoms. The van der Waals surface area contributed by atoms with Gasteiger partial charge in [0.05, 0.1) is 31.4 Å². The van der Waals surface area contributed by atoms with Crippen molar-refractivity contribution < 1.29 is 18.7 Å². The van der Waals surface area contributed by atoms with Crippen LogP contribution in [0.1, 0.15) is 11.3 Å². The number of thioether (sulfide) groups is 1. The van der Waals surface area contributed by atoms with Crippen LogP contribution >= 0.6 is 24.0 Å². The number of rotatable bonds is 8. The highest BCUT2D eigenvalue weighted by molar-refractivity contribution is 8.26. The minimum atomic E-state index is -0.105. The summed E-state index contributed by atoms with van der Waals surface area (Å²) in [4.78, 5) is 15.2. The van der Waals surface area contributed by atoms with Crippen LogP contribution in [0.3, 0.4) is 0 Å². The van der Waals surface area contributed by atoms with Gasteiger partial charge >= 0.3 is 0 Å². The standard InChI is InChI=1S/C26H22N2O4S2/c1-30-19-8-10-20(11-9-19)32-14-12-27-16-18(22-6-2-3-7-23(22)27)15-24-25(29)28(26(33)34-24)17-21-5-4-13-31-21/h2-11,13,15-16H,12,14,17H2,1H3/b24-15-. The van der Waals surface area contributed by atoms with Gasteiger partial charge in [0.25, 0.3) is 5.91 Å². The molecular weight excluding hydrogens is 468 g/mol. The first-order valence-corrected chi connectivity index (χ1v) is 12.0. The molecule has 3 heterocycles. The Hall–Kier alpha value is -3.49. The molecule has 34 heavy (non-hydrogen) atoms. The van der Waals surface area contributed by atoms with E-state index in [4.69, 9.17) is 26.1 Å². The lowest BCUT2D eigenvalue weighted by Gasteiger charge is -2.11. The van der Waals surface area contributed by atoms with Crippen LogP contribution < -0.4 is 9.47 Å². The summed E-state index contributed by atoms with van der Waals surface area (Å²) in [5, 5.41) is 1.07. The van der Waals surface area contributed by atoms with Crippen LogP contribution in [0.5, 0.6) is 11.5 Å². The normalized spacial score (nSPS) is 15.0. The highest BCUT2D eigenvalue weighted by Gasteiger charge is 2.32. The summed E-state index contributed by atoms with van der Waals surface area (Å²) in [5.74, 6) is 2.18. The number of benzene rings is 2. The maximum Gasteiger partial charge on any atom is 0.266 e. The molecule has 1 aliphatic rings. The Kier molecular flexibility index (Phi) is 6.42. The number of methoxy groups -OCH3 is 1. The van der Waals surface area contributed by atoms with E-state index >= 15 is 0 Å². The number of fused-ring (bicyclic) bond motifs is 1. The fraction of sp³-hybridized carbons (Fsp3) is 0.154. The number of hydrogen-bond acceptors (Lipinski definition) is 6. The summed E-state index contributed by atoms with van der Waals surface area (Å²) < 4.78 is 19.2. The maximum atomic E-state index is 13.0. The SMILES string of the molecule is COc1ccc(OCCn2cc(/C=C3\SC(=S)N(Cc4ccco4)C3=O)c3ccccc32)cc1. The molecule has 1 amide bonds. The number of ether oxygens (including phenoxy) is 2. The average molecular weight is 491 g/mol. The summed E-state index contributed by atoms with van der Waals surface area (Å²) in [5.41, 5.74) is 2.05. The number of hydrogen-bond donors (Lipinski definition) is 0. The second-order valence-corrected chi connectivity index (χ2v) is 9.34. The van der Waals surface area contributed by atoms with Gasteiger partial charge in [-0.1, -0.05) is 42.2 Å². The third-order valence-corrected chi connectivity index (χ3v) is 6.91. The Labute approximate surface area is 206 Å². The van der Waals surface area contributed by atoms with E-state index in [9.17, 15) is 4.79 Å². The van der Waals surface area contributed by atoms with Gasteiger partial charge in [-0.15, -0.1) is 0 Å². The van der Waals surface area contributed by atoms with Crippen LogP contribution in [0.4, 0.5) is 0 Å². The number of nitrogens with zero attached hydrogens (tertiary/aromatic N) is 2. The molecule has 4 aromatic rings. The van der Waals surface area contributed by atoms with Crippen molar-refractivity contribution in [3.63, 3.8) is 0 Å². The van der Waals surface area contributed by atoms with E-state index in [2.05, 4.69) is 22.9 Å². The molecule has 1 saturated heterocycles. The molecule has 2 aromatic carbocycles. The molecule has 0 atom stereocenters. The minimum absolute atomic E-state index is 0.105. The van der Waals surface area contributed by atoms with Gasteiger partial charge in [0.1, 0.15) is 28.2 Å². The van der Waals surface area contributed by atoms with Crippen molar-refractivity contribution >= 4 is 51.2 Å². The second-order valence-electron chi connectivity index (χ2n) is 7.67. The van der Waals surface area contributed by atoms with Crippen molar-refractivity contribution in [1.29, 1.82) is 0 Å². The number of carbonyl (C=O) groups excluding carboxylic acids is 1. The first-order chi connectivity index (χ1) is 16.6. The highest BCUT2D eigenvalue weighted by atomic mass is 32.2. The van der Waals surface area contributed by atoms with E-state index in [1.807, 2.05) is 48.5 Å². The number of furan rings is 1. The smallest absolute Gasteiger partial charge is 0.266 e. The van der Waals surface area contributed by atoms with Crippen LogP contribution in [-0.2, 0) is 17.9 Å². The van der Waals surface area contributed by atoms with Crippen LogP contribution in [0.2, 0.25) is 0 Å². The Morgan fingerprint density at radius 3 is 2.62 bits per heavy atom. The number of carbonyl (C=O) groups is 1. The monoisotopic (exact) mass is 490 g/mol. The Balaban J connectivity index is 1.34. The number of aromatic nitrogens is 1. The zero-order valence-electron chi connectivity index (χ0n) is 18.5. The molecule has 0 aliphatic carbocycles. The summed E-state index contributed by atoms with van der Waals surface area (Å²) in [6.45, 7) is 1.51. The van der Waals surface area contributed by atoms with E-state index in [1.165, 1.54) is 11.8 Å². The van der Waals surface area contributed by atoms with Gasteiger partial charge in [-0.25, -0.2) is 0 Å². The maximum absolute atomic E-state index is 13.0. The van der Waals surface area contributed by atoms with Gasteiger partial charge in [-0.3, -0.25) is 9.69 Å². The lowest BCUT2D eigenvalue weighted by Crippen LogP contribution is -2.27. The quantitative estimate of drug-likeness (QED) is 0.232. The van der Waals surface area contributed by atoms with Gasteiger partial charge in [-0.05, 0) is 48.5 Å². The van der Waals surface area contributed by atoms with E-state index in [0.717, 1.165) is 28.0 Å². The van der Waals surface area contributed by atoms with Crippen LogP contribution in [0.25, 0.3) is 17.0 Å². The molecule has 172 valence electrons. The van der Waals surface area contributed by atoms with E-state index in [-0.39, 0.29) is 5.91 Å². The number of para-hydroxylation sites is 1. The molecule has 0 saturated carbocycles. The molecule has 0 radical (unpaired) electrons. The number of thiocarbonyl (C=S) groups is 1. The first-order valence-electron chi connectivity index (χ1n) is 10.7. The zero-order valence-corrected chi connectivity index (χ0v) is 20.1. The van der Waals surface area contributed by atoms with Crippen molar-refractivity contribution in [2.24, 2.45) is 0 Å². The van der Waals surface area contributed by atoms with Crippen molar-refractivity contribution in [2.45, 2.75) is 13.1 Å². The lowest BCUT2D eigenvalue weighted by atomic mass is 10.1. The lowest BCUT2D eigenvalue weighted by molar-refractivity contribution is -0.122. The van der Waals surface area contributed by atoms with Gasteiger partial charge in [0, 0.05) is 22.7 Å². The molecule has 6 nitrogen and oxygen atoms in total. The Morgan fingerprint density at radius 1 is 1.06 bits per heavy atom. The second kappa shape index (κ2) is 9.79. The molecule has 0 unspecified atom stereocenters. The fourth-order valence-electron chi connectivity index (χ4n) is 3.84. The van der Waals surface area contributed by atoms with Crippen molar-refractivity contribution in [2.75, 3.05) is 13.7 Å². The van der Waals surface area contributed by atoms with Crippen LogP contribution in [-0.4, -0.2) is 33.4 Å². The summed E-state index contributed by atoms with van der Waals surface area (Å²) >= 11 is 6.78.